The van der Waals surface area contributed by atoms with Crippen LogP contribution in [0.3, 0.4) is 0 Å². The Bertz CT molecular complexity index is 266. The first kappa shape index (κ1) is 14.9. The highest BCUT2D eigenvalue weighted by Crippen LogP contribution is 2.22. The summed E-state index contributed by atoms with van der Waals surface area (Å²) in [6, 6.07) is -0.738. The van der Waals surface area contributed by atoms with Gasteiger partial charge in [-0.15, -0.1) is 0 Å². The molecular weight excluding hydrogens is 206 g/mol. The molecule has 1 amide bonds. The number of carboxylic acid groups (broad SMARTS) is 1. The Kier molecular flexibility index (Phi) is 4.97. The summed E-state index contributed by atoms with van der Waals surface area (Å²) in [6.45, 7) is 10.9. The minimum absolute atomic E-state index is 0.194. The van der Waals surface area contributed by atoms with Crippen LogP contribution in [0.15, 0.2) is 0 Å². The van der Waals surface area contributed by atoms with Crippen molar-refractivity contribution in [1.82, 2.24) is 4.90 Å². The zero-order valence-corrected chi connectivity index (χ0v) is 11.1. The van der Waals surface area contributed by atoms with Gasteiger partial charge in [0, 0.05) is 12.5 Å². The standard InChI is InChI=1S/C12H23NO3/c1-8(2)7-10(11(15)16)13(9(3)14)12(4,5)6/h8,10H,7H2,1-6H3,(H,15,16). The van der Waals surface area contributed by atoms with E-state index < -0.39 is 17.6 Å². The second kappa shape index (κ2) is 5.32. The summed E-state index contributed by atoms with van der Waals surface area (Å²) < 4.78 is 0. The molecule has 94 valence electrons. The second-order valence-corrected chi connectivity index (χ2v) is 5.54. The van der Waals surface area contributed by atoms with E-state index in [-0.39, 0.29) is 11.8 Å². The van der Waals surface area contributed by atoms with Crippen LogP contribution < -0.4 is 0 Å². The predicted molar refractivity (Wildman–Crippen MR) is 63.2 cm³/mol. The van der Waals surface area contributed by atoms with Crippen molar-refractivity contribution >= 4 is 11.9 Å². The highest BCUT2D eigenvalue weighted by atomic mass is 16.4. The fourth-order valence-corrected chi connectivity index (χ4v) is 1.92. The highest BCUT2D eigenvalue weighted by Gasteiger charge is 2.35. The van der Waals surface area contributed by atoms with Crippen molar-refractivity contribution in [3.05, 3.63) is 0 Å². The molecule has 0 spiro atoms. The molecular formula is C12H23NO3. The predicted octanol–water partition coefficient (Wildman–Crippen LogP) is 2.13. The van der Waals surface area contributed by atoms with Crippen LogP contribution in [0.2, 0.25) is 0 Å². The van der Waals surface area contributed by atoms with Crippen LogP contribution in [0.5, 0.6) is 0 Å². The smallest absolute Gasteiger partial charge is 0.326 e. The Morgan fingerprint density at radius 2 is 1.69 bits per heavy atom. The Balaban J connectivity index is 5.12. The number of rotatable bonds is 4. The van der Waals surface area contributed by atoms with Crippen molar-refractivity contribution in [3.8, 4) is 0 Å². The number of amides is 1. The van der Waals surface area contributed by atoms with Crippen molar-refractivity contribution < 1.29 is 14.7 Å². The SMILES string of the molecule is CC(=O)N(C(CC(C)C)C(=O)O)C(C)(C)C. The average Bonchev–Trinajstić information content (AvgIpc) is 1.97. The van der Waals surface area contributed by atoms with E-state index in [1.807, 2.05) is 34.6 Å². The molecule has 16 heavy (non-hydrogen) atoms. The summed E-state index contributed by atoms with van der Waals surface area (Å²) >= 11 is 0. The maximum Gasteiger partial charge on any atom is 0.326 e. The van der Waals surface area contributed by atoms with Crippen LogP contribution in [0.25, 0.3) is 0 Å². The van der Waals surface area contributed by atoms with Crippen molar-refractivity contribution in [2.45, 2.75) is 59.5 Å². The summed E-state index contributed by atoms with van der Waals surface area (Å²) in [4.78, 5) is 24.3. The van der Waals surface area contributed by atoms with Crippen molar-refractivity contribution in [2.75, 3.05) is 0 Å². The Hall–Kier alpha value is -1.06. The molecule has 0 heterocycles. The first-order chi connectivity index (χ1) is 7.07. The molecule has 0 rings (SSSR count). The largest absolute Gasteiger partial charge is 0.480 e. The molecule has 1 unspecified atom stereocenters. The van der Waals surface area contributed by atoms with Gasteiger partial charge in [0.15, 0.2) is 0 Å². The van der Waals surface area contributed by atoms with E-state index in [1.54, 1.807) is 0 Å². The van der Waals surface area contributed by atoms with Crippen LogP contribution in [-0.4, -0.2) is 33.5 Å². The van der Waals surface area contributed by atoms with E-state index >= 15 is 0 Å². The third-order valence-electron chi connectivity index (χ3n) is 2.35. The van der Waals surface area contributed by atoms with Crippen molar-refractivity contribution in [1.29, 1.82) is 0 Å². The number of carbonyl (C=O) groups excluding carboxylic acids is 1. The molecule has 4 nitrogen and oxygen atoms in total. The first-order valence-electron chi connectivity index (χ1n) is 5.60. The molecule has 1 atom stereocenters. The minimum Gasteiger partial charge on any atom is -0.480 e. The zero-order valence-electron chi connectivity index (χ0n) is 11.1. The number of hydrogen-bond acceptors (Lipinski definition) is 2. The molecule has 0 saturated carbocycles. The molecule has 0 aromatic rings. The molecule has 0 saturated heterocycles. The van der Waals surface area contributed by atoms with Crippen molar-refractivity contribution in [2.24, 2.45) is 5.92 Å². The van der Waals surface area contributed by atoms with Crippen LogP contribution >= 0.6 is 0 Å². The maximum absolute atomic E-state index is 11.6. The van der Waals surface area contributed by atoms with Gasteiger partial charge in [0.25, 0.3) is 0 Å². The molecule has 0 aliphatic rings. The summed E-state index contributed by atoms with van der Waals surface area (Å²) in [6.07, 6.45) is 0.478. The Labute approximate surface area is 97.6 Å². The molecule has 0 aliphatic heterocycles. The van der Waals surface area contributed by atoms with Gasteiger partial charge in [-0.1, -0.05) is 13.8 Å². The van der Waals surface area contributed by atoms with E-state index in [9.17, 15) is 14.7 Å². The minimum atomic E-state index is -0.932. The number of aliphatic carboxylic acids is 1. The van der Waals surface area contributed by atoms with Gasteiger partial charge in [-0.3, -0.25) is 4.79 Å². The van der Waals surface area contributed by atoms with E-state index in [4.69, 9.17) is 0 Å². The number of hydrogen-bond donors (Lipinski definition) is 1. The third-order valence-corrected chi connectivity index (χ3v) is 2.35. The quantitative estimate of drug-likeness (QED) is 0.803. The monoisotopic (exact) mass is 229 g/mol. The molecule has 0 aliphatic carbocycles. The van der Waals surface area contributed by atoms with Gasteiger partial charge in [0.1, 0.15) is 6.04 Å². The molecule has 0 aromatic heterocycles. The van der Waals surface area contributed by atoms with E-state index in [0.717, 1.165) is 0 Å². The van der Waals surface area contributed by atoms with Crippen molar-refractivity contribution in [3.63, 3.8) is 0 Å². The first-order valence-corrected chi connectivity index (χ1v) is 5.60. The van der Waals surface area contributed by atoms with Crippen LogP contribution in [-0.2, 0) is 9.59 Å². The Morgan fingerprint density at radius 3 is 1.88 bits per heavy atom. The van der Waals surface area contributed by atoms with Gasteiger partial charge < -0.3 is 10.0 Å². The molecule has 0 fully saturated rings. The number of carbonyl (C=O) groups is 2. The fourth-order valence-electron chi connectivity index (χ4n) is 1.92. The summed E-state index contributed by atoms with van der Waals surface area (Å²) in [7, 11) is 0. The lowest BCUT2D eigenvalue weighted by molar-refractivity contribution is -0.154. The fraction of sp³-hybridized carbons (Fsp3) is 0.833. The van der Waals surface area contributed by atoms with E-state index in [2.05, 4.69) is 0 Å². The van der Waals surface area contributed by atoms with Gasteiger partial charge in [-0.25, -0.2) is 4.79 Å². The summed E-state index contributed by atoms with van der Waals surface area (Å²) in [5, 5.41) is 9.21. The van der Waals surface area contributed by atoms with Gasteiger partial charge in [-0.2, -0.15) is 0 Å². The maximum atomic E-state index is 11.6. The molecule has 1 N–H and O–H groups in total. The van der Waals surface area contributed by atoms with Crippen LogP contribution in [0, 0.1) is 5.92 Å². The molecule has 0 aromatic carbocycles. The normalized spacial score (nSPS) is 13.7. The average molecular weight is 229 g/mol. The zero-order chi connectivity index (χ0) is 13.1. The molecule has 4 heteroatoms. The van der Waals surface area contributed by atoms with Crippen LogP contribution in [0.4, 0.5) is 0 Å². The summed E-state index contributed by atoms with van der Waals surface area (Å²) in [5.74, 6) is -0.885. The lowest BCUT2D eigenvalue weighted by atomic mass is 9.96. The third kappa shape index (κ3) is 4.21. The second-order valence-electron chi connectivity index (χ2n) is 5.54. The van der Waals surface area contributed by atoms with Gasteiger partial charge >= 0.3 is 5.97 Å². The van der Waals surface area contributed by atoms with Crippen LogP contribution in [0.1, 0.15) is 48.0 Å². The van der Waals surface area contributed by atoms with E-state index in [1.165, 1.54) is 11.8 Å². The van der Waals surface area contributed by atoms with Gasteiger partial charge in [0.2, 0.25) is 5.91 Å². The van der Waals surface area contributed by atoms with Gasteiger partial charge in [-0.05, 0) is 33.1 Å². The summed E-state index contributed by atoms with van der Waals surface area (Å²) in [5.41, 5.74) is -0.468. The molecule has 0 bridgehead atoms. The van der Waals surface area contributed by atoms with Gasteiger partial charge in [0.05, 0.1) is 0 Å². The number of carboxylic acids is 1. The highest BCUT2D eigenvalue weighted by molar-refractivity contribution is 5.82. The van der Waals surface area contributed by atoms with E-state index in [0.29, 0.717) is 6.42 Å². The molecule has 0 radical (unpaired) electrons. The Morgan fingerprint density at radius 1 is 1.25 bits per heavy atom. The number of nitrogens with zero attached hydrogens (tertiary/aromatic N) is 1. The topological polar surface area (TPSA) is 57.6 Å². The lowest BCUT2D eigenvalue weighted by Crippen LogP contribution is -2.54. The lowest BCUT2D eigenvalue weighted by Gasteiger charge is -2.39.